The lowest BCUT2D eigenvalue weighted by Crippen LogP contribution is -2.58. The van der Waals surface area contributed by atoms with Crippen LogP contribution in [-0.4, -0.2) is 56.2 Å². The standard InChI is InChI=1S/C22H19F2N3O8/c1-32-11-18-19(20(29)33-2)22(12-28,13-4-9-16(23)17(24)10-13)26(21(25-18)34-3)35-15-7-5-14(6-8-15)27(30)31/h4-10,12H,11H2,1-3H3. The molecule has 11 nitrogen and oxygen atoms in total. The van der Waals surface area contributed by atoms with E-state index in [1.54, 1.807) is 0 Å². The number of aliphatic imine (C=N–C) groups is 1. The van der Waals surface area contributed by atoms with Crippen LogP contribution < -0.4 is 4.84 Å². The van der Waals surface area contributed by atoms with E-state index in [1.165, 1.54) is 26.4 Å². The Morgan fingerprint density at radius 3 is 2.34 bits per heavy atom. The molecule has 1 aliphatic heterocycles. The molecule has 35 heavy (non-hydrogen) atoms. The Balaban J connectivity index is 2.32. The van der Waals surface area contributed by atoms with Crippen molar-refractivity contribution >= 4 is 24.0 Å². The maximum absolute atomic E-state index is 14.3. The summed E-state index contributed by atoms with van der Waals surface area (Å²) in [6.45, 7) is -0.290. The summed E-state index contributed by atoms with van der Waals surface area (Å²) in [4.78, 5) is 46.1. The molecule has 1 heterocycles. The predicted octanol–water partition coefficient (Wildman–Crippen LogP) is 2.65. The van der Waals surface area contributed by atoms with Gasteiger partial charge in [0.25, 0.3) is 5.69 Å². The minimum Gasteiger partial charge on any atom is -0.466 e. The Morgan fingerprint density at radius 2 is 1.83 bits per heavy atom. The van der Waals surface area contributed by atoms with Gasteiger partial charge in [-0.1, -0.05) is 6.07 Å². The lowest BCUT2D eigenvalue weighted by atomic mass is 9.81. The first kappa shape index (κ1) is 25.2. The second-order valence-electron chi connectivity index (χ2n) is 6.99. The molecule has 1 aliphatic rings. The van der Waals surface area contributed by atoms with E-state index in [0.717, 1.165) is 36.4 Å². The number of benzene rings is 2. The average Bonchev–Trinajstić information content (AvgIpc) is 2.86. The highest BCUT2D eigenvalue weighted by atomic mass is 19.2. The van der Waals surface area contributed by atoms with Crippen molar-refractivity contribution in [3.63, 3.8) is 0 Å². The van der Waals surface area contributed by atoms with Gasteiger partial charge in [-0.25, -0.2) is 13.6 Å². The van der Waals surface area contributed by atoms with Crippen LogP contribution in [0.4, 0.5) is 14.5 Å². The molecule has 0 aliphatic carbocycles. The van der Waals surface area contributed by atoms with Crippen LogP contribution in [0.15, 0.2) is 58.7 Å². The zero-order chi connectivity index (χ0) is 25.8. The van der Waals surface area contributed by atoms with Crippen LogP contribution in [0, 0.1) is 21.7 Å². The summed E-state index contributed by atoms with van der Waals surface area (Å²) < 4.78 is 43.3. The van der Waals surface area contributed by atoms with Crippen molar-refractivity contribution in [1.29, 1.82) is 0 Å². The van der Waals surface area contributed by atoms with Crippen LogP contribution in [0.1, 0.15) is 5.56 Å². The number of esters is 1. The van der Waals surface area contributed by atoms with E-state index < -0.39 is 33.6 Å². The van der Waals surface area contributed by atoms with Crippen molar-refractivity contribution in [1.82, 2.24) is 5.06 Å². The summed E-state index contributed by atoms with van der Waals surface area (Å²) in [7, 11) is 3.56. The van der Waals surface area contributed by atoms with Crippen molar-refractivity contribution in [2.24, 2.45) is 4.99 Å². The SMILES string of the molecule is COCC1=C(C(=O)OC)C(C=O)(c2ccc(F)c(F)c2)N(Oc2ccc([N+](=O)[O-])cc2)C(OC)=N1. The molecule has 0 amide bonds. The number of nitro groups is 1. The van der Waals surface area contributed by atoms with Crippen LogP contribution in [0.5, 0.6) is 5.75 Å². The van der Waals surface area contributed by atoms with Gasteiger partial charge in [-0.3, -0.25) is 14.9 Å². The lowest BCUT2D eigenvalue weighted by molar-refractivity contribution is -0.384. The van der Waals surface area contributed by atoms with Crippen molar-refractivity contribution in [3.8, 4) is 5.75 Å². The third kappa shape index (κ3) is 4.53. The Bertz CT molecular complexity index is 1220. The fourth-order valence-electron chi connectivity index (χ4n) is 3.45. The van der Waals surface area contributed by atoms with Gasteiger partial charge in [-0.15, -0.1) is 5.06 Å². The summed E-state index contributed by atoms with van der Waals surface area (Å²) in [6.07, 6.45) is 0.251. The first-order chi connectivity index (χ1) is 16.7. The summed E-state index contributed by atoms with van der Waals surface area (Å²) in [5.41, 5.74) is -3.28. The van der Waals surface area contributed by atoms with Crippen molar-refractivity contribution in [2.45, 2.75) is 5.54 Å². The molecule has 0 bridgehead atoms. The van der Waals surface area contributed by atoms with Gasteiger partial charge >= 0.3 is 12.0 Å². The number of nitrogens with zero attached hydrogens (tertiary/aromatic N) is 3. The van der Waals surface area contributed by atoms with Crippen LogP contribution >= 0.6 is 0 Å². The Hall–Kier alpha value is -4.39. The van der Waals surface area contributed by atoms with Crippen LogP contribution in [0.3, 0.4) is 0 Å². The number of non-ortho nitro benzene ring substituents is 1. The molecule has 1 unspecified atom stereocenters. The number of hydrogen-bond donors (Lipinski definition) is 0. The number of hydroxylamine groups is 2. The zero-order valence-corrected chi connectivity index (χ0v) is 18.7. The molecule has 0 N–H and O–H groups in total. The molecule has 2 aromatic rings. The number of hydrogen-bond acceptors (Lipinski definition) is 10. The second-order valence-corrected chi connectivity index (χ2v) is 6.99. The number of ether oxygens (including phenoxy) is 3. The maximum Gasteiger partial charge on any atom is 0.339 e. The highest BCUT2D eigenvalue weighted by Crippen LogP contribution is 2.42. The van der Waals surface area contributed by atoms with E-state index in [9.17, 15) is 28.5 Å². The van der Waals surface area contributed by atoms with Crippen molar-refractivity contribution < 1.29 is 42.3 Å². The monoisotopic (exact) mass is 491 g/mol. The van der Waals surface area contributed by atoms with Crippen LogP contribution in [0.2, 0.25) is 0 Å². The molecule has 0 spiro atoms. The van der Waals surface area contributed by atoms with E-state index in [1.807, 2.05) is 0 Å². The highest BCUT2D eigenvalue weighted by molar-refractivity contribution is 6.02. The molecule has 0 saturated carbocycles. The van der Waals surface area contributed by atoms with Crippen LogP contribution in [0.25, 0.3) is 0 Å². The third-order valence-corrected chi connectivity index (χ3v) is 5.02. The number of carbonyl (C=O) groups is 2. The van der Waals surface area contributed by atoms with Gasteiger partial charge in [0, 0.05) is 19.2 Å². The predicted molar refractivity (Wildman–Crippen MR) is 115 cm³/mol. The Labute approximate surface area is 197 Å². The van der Waals surface area contributed by atoms with Gasteiger partial charge in [0.15, 0.2) is 29.2 Å². The van der Waals surface area contributed by atoms with Gasteiger partial charge in [0.1, 0.15) is 5.57 Å². The molecule has 0 aromatic heterocycles. The number of aldehydes is 1. The minimum atomic E-state index is -2.30. The number of nitro benzene ring substituents is 1. The molecule has 0 saturated heterocycles. The molecular weight excluding hydrogens is 472 g/mol. The molecule has 2 aromatic carbocycles. The van der Waals surface area contributed by atoms with Crippen molar-refractivity contribution in [3.05, 3.63) is 81.0 Å². The normalized spacial score (nSPS) is 17.5. The van der Waals surface area contributed by atoms with E-state index in [0.29, 0.717) is 6.07 Å². The first-order valence-corrected chi connectivity index (χ1v) is 9.81. The molecular formula is C22H19F2N3O8. The molecule has 13 heteroatoms. The summed E-state index contributed by atoms with van der Waals surface area (Å²) in [6, 6.07) is 6.90. The average molecular weight is 491 g/mol. The maximum atomic E-state index is 14.3. The lowest BCUT2D eigenvalue weighted by Gasteiger charge is -2.42. The second kappa shape index (κ2) is 10.3. The minimum absolute atomic E-state index is 0.0337. The van der Waals surface area contributed by atoms with Crippen LogP contribution in [-0.2, 0) is 29.3 Å². The topological polar surface area (TPSA) is 130 Å². The van der Waals surface area contributed by atoms with E-state index in [4.69, 9.17) is 19.0 Å². The van der Waals surface area contributed by atoms with Gasteiger partial charge in [0.2, 0.25) is 0 Å². The number of amidine groups is 1. The summed E-state index contributed by atoms with van der Waals surface area (Å²) in [5.74, 6) is -3.58. The molecule has 1 atom stereocenters. The summed E-state index contributed by atoms with van der Waals surface area (Å²) in [5, 5.41) is 11.7. The zero-order valence-electron chi connectivity index (χ0n) is 18.7. The Morgan fingerprint density at radius 1 is 1.14 bits per heavy atom. The fourth-order valence-corrected chi connectivity index (χ4v) is 3.45. The molecule has 0 radical (unpaired) electrons. The number of halogens is 2. The van der Waals surface area contributed by atoms with E-state index >= 15 is 0 Å². The van der Waals surface area contributed by atoms with Gasteiger partial charge < -0.3 is 19.0 Å². The smallest absolute Gasteiger partial charge is 0.339 e. The van der Waals surface area contributed by atoms with E-state index in [-0.39, 0.29) is 41.6 Å². The quantitative estimate of drug-likeness (QED) is 0.237. The molecule has 0 fully saturated rings. The third-order valence-electron chi connectivity index (χ3n) is 5.02. The van der Waals surface area contributed by atoms with E-state index in [2.05, 4.69) is 4.99 Å². The van der Waals surface area contributed by atoms with Gasteiger partial charge in [0.05, 0.1) is 31.4 Å². The largest absolute Gasteiger partial charge is 0.466 e. The van der Waals surface area contributed by atoms with Crippen molar-refractivity contribution in [2.75, 3.05) is 27.9 Å². The first-order valence-electron chi connectivity index (χ1n) is 9.81. The molecule has 184 valence electrons. The summed E-state index contributed by atoms with van der Waals surface area (Å²) >= 11 is 0. The Kier molecular flexibility index (Phi) is 7.40. The van der Waals surface area contributed by atoms with Gasteiger partial charge in [-0.2, -0.15) is 4.99 Å². The van der Waals surface area contributed by atoms with Gasteiger partial charge in [-0.05, 0) is 29.8 Å². The molecule has 3 rings (SSSR count). The number of rotatable bonds is 8. The number of methoxy groups -OCH3 is 3. The highest BCUT2D eigenvalue weighted by Gasteiger charge is 2.54. The fraction of sp³-hybridized carbons (Fsp3) is 0.227. The number of carbonyl (C=O) groups excluding carboxylic acids is 2.